The molecule has 25 heavy (non-hydrogen) atoms. The fraction of sp³-hybridized carbons (Fsp3) is 0.238. The van der Waals surface area contributed by atoms with Crippen molar-refractivity contribution in [2.24, 2.45) is 0 Å². The van der Waals surface area contributed by atoms with Crippen molar-refractivity contribution in [3.63, 3.8) is 0 Å². The molecule has 0 bridgehead atoms. The fourth-order valence-electron chi connectivity index (χ4n) is 2.65. The number of thiazole rings is 1. The molecule has 0 N–H and O–H groups in total. The predicted octanol–water partition coefficient (Wildman–Crippen LogP) is 5.14. The third-order valence-corrected chi connectivity index (χ3v) is 5.28. The first-order valence-electron chi connectivity index (χ1n) is 8.55. The summed E-state index contributed by atoms with van der Waals surface area (Å²) in [7, 11) is 0. The zero-order chi connectivity index (χ0) is 17.6. The van der Waals surface area contributed by atoms with Crippen molar-refractivity contribution in [1.29, 1.82) is 0 Å². The van der Waals surface area contributed by atoms with Crippen LogP contribution < -0.4 is 0 Å². The van der Waals surface area contributed by atoms with Crippen LogP contribution in [0.25, 0.3) is 16.3 Å². The summed E-state index contributed by atoms with van der Waals surface area (Å²) < 4.78 is 1.14. The van der Waals surface area contributed by atoms with Gasteiger partial charge in [-0.15, -0.1) is 11.3 Å². The van der Waals surface area contributed by atoms with Gasteiger partial charge in [0.1, 0.15) is 5.01 Å². The van der Waals surface area contributed by atoms with Crippen LogP contribution in [-0.4, -0.2) is 21.8 Å². The molecule has 0 aliphatic heterocycles. The van der Waals surface area contributed by atoms with Crippen LogP contribution in [0.3, 0.4) is 0 Å². The Kier molecular flexibility index (Phi) is 5.61. The van der Waals surface area contributed by atoms with Gasteiger partial charge in [-0.25, -0.2) is 4.98 Å². The zero-order valence-corrected chi connectivity index (χ0v) is 15.4. The highest BCUT2D eigenvalue weighted by Gasteiger charge is 2.17. The Morgan fingerprint density at radius 3 is 2.60 bits per heavy atom. The largest absolute Gasteiger partial charge is 0.332 e. The van der Waals surface area contributed by atoms with Crippen LogP contribution in [0.15, 0.2) is 60.7 Å². The van der Waals surface area contributed by atoms with E-state index in [1.807, 2.05) is 53.4 Å². The number of carbonyl (C=O) groups is 1. The Morgan fingerprint density at radius 1 is 1.16 bits per heavy atom. The van der Waals surface area contributed by atoms with Gasteiger partial charge in [-0.1, -0.05) is 49.4 Å². The summed E-state index contributed by atoms with van der Waals surface area (Å²) in [5, 5.41) is 0.860. The van der Waals surface area contributed by atoms with E-state index < -0.39 is 0 Å². The summed E-state index contributed by atoms with van der Waals surface area (Å²) in [6.07, 6.45) is 4.40. The first-order valence-corrected chi connectivity index (χ1v) is 9.37. The fourth-order valence-corrected chi connectivity index (χ4v) is 3.52. The molecule has 1 heterocycles. The summed E-state index contributed by atoms with van der Waals surface area (Å²) in [4.78, 5) is 19.2. The van der Waals surface area contributed by atoms with Crippen molar-refractivity contribution in [2.45, 2.75) is 32.9 Å². The molecule has 3 aromatic rings. The minimum Gasteiger partial charge on any atom is -0.332 e. The lowest BCUT2D eigenvalue weighted by Crippen LogP contribution is -2.36. The molecule has 0 saturated carbocycles. The van der Waals surface area contributed by atoms with E-state index in [0.717, 1.165) is 27.2 Å². The highest BCUT2D eigenvalue weighted by Crippen LogP contribution is 2.22. The standard InChI is InChI=1S/C21H22N2OS/c1-3-16(2)23(15-17-9-5-4-6-10-17)21(24)14-13-20-22-18-11-7-8-12-19(18)25-20/h4-14,16H,3,15H2,1-2H3/b14-13+. The quantitative estimate of drug-likeness (QED) is 0.577. The number of hydrogen-bond donors (Lipinski definition) is 0. The molecule has 0 aliphatic rings. The first-order chi connectivity index (χ1) is 12.2. The van der Waals surface area contributed by atoms with Crippen LogP contribution >= 0.6 is 11.3 Å². The Morgan fingerprint density at radius 2 is 1.88 bits per heavy atom. The maximum Gasteiger partial charge on any atom is 0.247 e. The molecule has 1 amide bonds. The smallest absolute Gasteiger partial charge is 0.247 e. The van der Waals surface area contributed by atoms with Crippen molar-refractivity contribution >= 4 is 33.5 Å². The van der Waals surface area contributed by atoms with E-state index >= 15 is 0 Å². The van der Waals surface area contributed by atoms with E-state index in [1.165, 1.54) is 0 Å². The first kappa shape index (κ1) is 17.4. The lowest BCUT2D eigenvalue weighted by molar-refractivity contribution is -0.128. The molecule has 0 radical (unpaired) electrons. The molecule has 3 nitrogen and oxygen atoms in total. The zero-order valence-electron chi connectivity index (χ0n) is 14.6. The van der Waals surface area contributed by atoms with Gasteiger partial charge in [-0.2, -0.15) is 0 Å². The number of rotatable bonds is 6. The highest BCUT2D eigenvalue weighted by molar-refractivity contribution is 7.19. The summed E-state index contributed by atoms with van der Waals surface area (Å²) in [5.41, 5.74) is 2.12. The highest BCUT2D eigenvalue weighted by atomic mass is 32.1. The topological polar surface area (TPSA) is 33.2 Å². The molecule has 2 aromatic carbocycles. The third kappa shape index (κ3) is 4.34. The van der Waals surface area contributed by atoms with E-state index in [2.05, 4.69) is 31.0 Å². The van der Waals surface area contributed by atoms with Crippen molar-refractivity contribution in [3.8, 4) is 0 Å². The molecular weight excluding hydrogens is 328 g/mol. The van der Waals surface area contributed by atoms with E-state index in [9.17, 15) is 4.79 Å². The van der Waals surface area contributed by atoms with Crippen LogP contribution in [0, 0.1) is 0 Å². The molecule has 0 aliphatic carbocycles. The van der Waals surface area contributed by atoms with Crippen molar-refractivity contribution in [2.75, 3.05) is 0 Å². The maximum absolute atomic E-state index is 12.8. The Hall–Kier alpha value is -2.46. The molecule has 4 heteroatoms. The van der Waals surface area contributed by atoms with Gasteiger partial charge < -0.3 is 4.90 Å². The molecule has 1 atom stereocenters. The number of nitrogens with zero attached hydrogens (tertiary/aromatic N) is 2. The normalized spacial score (nSPS) is 12.6. The summed E-state index contributed by atoms with van der Waals surface area (Å²) in [6.45, 7) is 4.82. The van der Waals surface area contributed by atoms with E-state index in [-0.39, 0.29) is 11.9 Å². The van der Waals surface area contributed by atoms with Crippen molar-refractivity contribution in [1.82, 2.24) is 9.88 Å². The lowest BCUT2D eigenvalue weighted by atomic mass is 10.1. The van der Waals surface area contributed by atoms with Gasteiger partial charge >= 0.3 is 0 Å². The minimum absolute atomic E-state index is 0.0254. The maximum atomic E-state index is 12.8. The van der Waals surface area contributed by atoms with Crippen LogP contribution in [0.2, 0.25) is 0 Å². The van der Waals surface area contributed by atoms with Gasteiger partial charge in [0, 0.05) is 18.7 Å². The monoisotopic (exact) mass is 350 g/mol. The van der Waals surface area contributed by atoms with Crippen molar-refractivity contribution in [3.05, 3.63) is 71.2 Å². The molecule has 0 fully saturated rings. The molecule has 3 rings (SSSR count). The average Bonchev–Trinajstić information content (AvgIpc) is 3.07. The van der Waals surface area contributed by atoms with Gasteiger partial charge in [0.15, 0.2) is 0 Å². The van der Waals surface area contributed by atoms with Crippen LogP contribution in [0.1, 0.15) is 30.8 Å². The number of fused-ring (bicyclic) bond motifs is 1. The van der Waals surface area contributed by atoms with Crippen LogP contribution in [0.4, 0.5) is 0 Å². The van der Waals surface area contributed by atoms with Gasteiger partial charge in [0.2, 0.25) is 5.91 Å². The lowest BCUT2D eigenvalue weighted by Gasteiger charge is -2.27. The Labute approximate surface area is 152 Å². The number of carbonyl (C=O) groups excluding carboxylic acids is 1. The summed E-state index contributed by atoms with van der Waals surface area (Å²) >= 11 is 1.60. The summed E-state index contributed by atoms with van der Waals surface area (Å²) in [6, 6.07) is 18.3. The van der Waals surface area contributed by atoms with Gasteiger partial charge in [0.25, 0.3) is 0 Å². The molecule has 1 aromatic heterocycles. The van der Waals surface area contributed by atoms with E-state index in [1.54, 1.807) is 17.4 Å². The van der Waals surface area contributed by atoms with Crippen molar-refractivity contribution < 1.29 is 4.79 Å². The van der Waals surface area contributed by atoms with Gasteiger partial charge in [-0.05, 0) is 37.1 Å². The van der Waals surface area contributed by atoms with E-state index in [0.29, 0.717) is 6.54 Å². The minimum atomic E-state index is 0.0254. The second kappa shape index (κ2) is 8.08. The molecule has 0 spiro atoms. The average molecular weight is 350 g/mol. The number of benzene rings is 2. The predicted molar refractivity (Wildman–Crippen MR) is 105 cm³/mol. The number of aromatic nitrogens is 1. The third-order valence-electron chi connectivity index (χ3n) is 4.28. The van der Waals surface area contributed by atoms with Gasteiger partial charge in [-0.3, -0.25) is 4.79 Å². The molecule has 128 valence electrons. The number of para-hydroxylation sites is 1. The summed E-state index contributed by atoms with van der Waals surface area (Å²) in [5.74, 6) is 0.0254. The van der Waals surface area contributed by atoms with Crippen LogP contribution in [-0.2, 0) is 11.3 Å². The number of hydrogen-bond acceptors (Lipinski definition) is 3. The second-order valence-electron chi connectivity index (χ2n) is 6.06. The van der Waals surface area contributed by atoms with Crippen LogP contribution in [0.5, 0.6) is 0 Å². The molecular formula is C21H22N2OS. The Bertz CT molecular complexity index is 837. The Balaban J connectivity index is 1.77. The second-order valence-corrected chi connectivity index (χ2v) is 7.12. The number of amides is 1. The molecule has 0 saturated heterocycles. The van der Waals surface area contributed by atoms with E-state index in [4.69, 9.17) is 0 Å². The SMILES string of the molecule is CCC(C)N(Cc1ccccc1)C(=O)/C=C/c1nc2ccccc2s1. The molecule has 1 unspecified atom stereocenters. The van der Waals surface area contributed by atoms with Gasteiger partial charge in [0.05, 0.1) is 10.2 Å².